The van der Waals surface area contributed by atoms with E-state index in [1.54, 1.807) is 12.3 Å². The first-order valence-corrected chi connectivity index (χ1v) is 4.53. The van der Waals surface area contributed by atoms with Crippen molar-refractivity contribution in [2.45, 2.75) is 19.4 Å². The molecule has 0 aliphatic heterocycles. The Morgan fingerprint density at radius 2 is 2.19 bits per heavy atom. The van der Waals surface area contributed by atoms with Crippen molar-refractivity contribution < 1.29 is 14.9 Å². The Hall–Kier alpha value is -2.06. The number of nitrogens with zero attached hydrogens (tertiary/aromatic N) is 2. The molecule has 0 heterocycles. The lowest BCUT2D eigenvalue weighted by Crippen LogP contribution is -2.45. The lowest BCUT2D eigenvalue weighted by atomic mass is 9.99. The highest BCUT2D eigenvalue weighted by Gasteiger charge is 2.28. The van der Waals surface area contributed by atoms with Crippen molar-refractivity contribution in [3.05, 3.63) is 10.1 Å². The van der Waals surface area contributed by atoms with Gasteiger partial charge in [0.1, 0.15) is 0 Å². The Kier molecular flexibility index (Phi) is 5.60. The van der Waals surface area contributed by atoms with Gasteiger partial charge in [-0.3, -0.25) is 4.99 Å². The fraction of sp³-hybridized carbons (Fsp3) is 0.714. The van der Waals surface area contributed by atoms with E-state index in [4.69, 9.17) is 16.6 Å². The molecule has 9 heteroatoms. The van der Waals surface area contributed by atoms with E-state index in [0.29, 0.717) is 6.42 Å². The lowest BCUT2D eigenvalue weighted by molar-refractivity contribution is -0.550. The van der Waals surface area contributed by atoms with E-state index in [1.807, 2.05) is 0 Å². The van der Waals surface area contributed by atoms with E-state index in [-0.39, 0.29) is 12.5 Å². The van der Waals surface area contributed by atoms with Crippen LogP contribution in [0.5, 0.6) is 0 Å². The molecular weight excluding hydrogens is 218 g/mol. The van der Waals surface area contributed by atoms with Crippen molar-refractivity contribution >= 4 is 11.9 Å². The van der Waals surface area contributed by atoms with Gasteiger partial charge >= 0.3 is 5.97 Å². The number of carbonyl (C=O) groups is 1. The number of nitrogens with one attached hydrogen (secondary N) is 1. The van der Waals surface area contributed by atoms with Gasteiger partial charge in [-0.15, -0.1) is 5.43 Å². The first-order valence-electron chi connectivity index (χ1n) is 4.53. The van der Waals surface area contributed by atoms with Gasteiger partial charge in [0.15, 0.2) is 17.0 Å². The largest absolute Gasteiger partial charge is 0.480 e. The molecule has 0 fully saturated rings. The summed E-state index contributed by atoms with van der Waals surface area (Å²) in [5.74, 6) is -1.85. The maximum atomic E-state index is 10.7. The van der Waals surface area contributed by atoms with Crippen LogP contribution in [-0.4, -0.2) is 34.7 Å². The minimum Gasteiger partial charge on any atom is -0.480 e. The molecule has 2 unspecified atom stereocenters. The number of rotatable bonds is 7. The Bertz CT molecular complexity index is 289. The van der Waals surface area contributed by atoms with Crippen molar-refractivity contribution in [3.63, 3.8) is 0 Å². The summed E-state index contributed by atoms with van der Waals surface area (Å²) < 4.78 is 0. The first kappa shape index (κ1) is 13.9. The Labute approximate surface area is 91.6 Å². The molecule has 0 radical (unpaired) electrons. The second-order valence-electron chi connectivity index (χ2n) is 3.27. The first-order chi connectivity index (χ1) is 7.34. The third-order valence-electron chi connectivity index (χ3n) is 1.96. The van der Waals surface area contributed by atoms with E-state index < -0.39 is 23.0 Å². The average molecular weight is 233 g/mol. The summed E-state index contributed by atoms with van der Waals surface area (Å²) in [6.45, 7) is 1.80. The van der Waals surface area contributed by atoms with Gasteiger partial charge in [-0.1, -0.05) is 6.92 Å². The zero-order chi connectivity index (χ0) is 12.7. The number of hydrogen-bond acceptors (Lipinski definition) is 4. The number of nitrogens with two attached hydrogens (primary N) is 2. The highest BCUT2D eigenvalue weighted by molar-refractivity contribution is 5.75. The summed E-state index contributed by atoms with van der Waals surface area (Å²) in [4.78, 5) is 24.6. The molecule has 0 aliphatic carbocycles. The van der Waals surface area contributed by atoms with E-state index in [2.05, 4.69) is 4.99 Å². The van der Waals surface area contributed by atoms with Crippen molar-refractivity contribution in [2.75, 3.05) is 6.54 Å². The fourth-order valence-corrected chi connectivity index (χ4v) is 1.10. The number of aliphatic imine (C=N–C) groups is 1. The average Bonchev–Trinajstić information content (AvgIpc) is 2.12. The zero-order valence-electron chi connectivity index (χ0n) is 8.79. The number of aliphatic carboxylic acids is 1. The Balaban J connectivity index is 4.27. The topological polar surface area (TPSA) is 157 Å². The summed E-state index contributed by atoms with van der Waals surface area (Å²) in [5.41, 5.74) is 11.9. The smallest absolute Gasteiger partial charge is 0.332 e. The van der Waals surface area contributed by atoms with Gasteiger partial charge in [0.2, 0.25) is 0 Å². The molecule has 0 amide bonds. The van der Waals surface area contributed by atoms with Crippen LogP contribution in [0.3, 0.4) is 0 Å². The monoisotopic (exact) mass is 233 g/mol. The standard InChI is InChI=1S/C7H15N5O4/c1-4(2-3-10-7(8)9)5(6(13)14)11-12(15)16/h4-5,11H,2-3H2,1H3,(H,13,14)(H4,8,9,10). The van der Waals surface area contributed by atoms with Gasteiger partial charge in [-0.25, -0.2) is 14.9 Å². The summed E-state index contributed by atoms with van der Waals surface area (Å²) >= 11 is 0. The van der Waals surface area contributed by atoms with Gasteiger partial charge in [0, 0.05) is 6.54 Å². The van der Waals surface area contributed by atoms with Gasteiger partial charge < -0.3 is 16.6 Å². The molecule has 0 saturated carbocycles. The molecule has 0 rings (SSSR count). The number of carboxylic acids is 1. The maximum absolute atomic E-state index is 10.7. The summed E-state index contributed by atoms with van der Waals surface area (Å²) in [6.07, 6.45) is 0.329. The number of nitro groups is 1. The minimum atomic E-state index is -1.28. The number of carboxylic acid groups (broad SMARTS) is 1. The van der Waals surface area contributed by atoms with E-state index in [1.165, 1.54) is 0 Å². The van der Waals surface area contributed by atoms with Crippen LogP contribution in [0.15, 0.2) is 4.99 Å². The number of guanidine groups is 1. The van der Waals surface area contributed by atoms with E-state index in [9.17, 15) is 14.9 Å². The second-order valence-corrected chi connectivity index (χ2v) is 3.27. The van der Waals surface area contributed by atoms with Crippen LogP contribution >= 0.6 is 0 Å². The minimum absolute atomic E-state index is 0.0960. The van der Waals surface area contributed by atoms with Crippen LogP contribution in [0, 0.1) is 16.0 Å². The van der Waals surface area contributed by atoms with Crippen molar-refractivity contribution in [1.82, 2.24) is 5.43 Å². The third kappa shape index (κ3) is 5.62. The van der Waals surface area contributed by atoms with Crippen LogP contribution in [-0.2, 0) is 4.79 Å². The molecule has 6 N–H and O–H groups in total. The van der Waals surface area contributed by atoms with Gasteiger partial charge in [0.05, 0.1) is 0 Å². The Morgan fingerprint density at radius 1 is 1.62 bits per heavy atom. The summed E-state index contributed by atoms with van der Waals surface area (Å²) in [7, 11) is 0. The van der Waals surface area contributed by atoms with E-state index >= 15 is 0 Å². The lowest BCUT2D eigenvalue weighted by Gasteiger charge is -2.16. The second kappa shape index (κ2) is 6.43. The molecule has 0 saturated heterocycles. The van der Waals surface area contributed by atoms with Crippen molar-refractivity contribution in [2.24, 2.45) is 22.4 Å². The van der Waals surface area contributed by atoms with Crippen LogP contribution in [0.4, 0.5) is 0 Å². The molecule has 0 aromatic rings. The molecule has 9 nitrogen and oxygen atoms in total. The zero-order valence-corrected chi connectivity index (χ0v) is 8.79. The maximum Gasteiger partial charge on any atom is 0.332 e. The fourth-order valence-electron chi connectivity index (χ4n) is 1.10. The molecule has 0 aromatic heterocycles. The van der Waals surface area contributed by atoms with Crippen LogP contribution in [0.2, 0.25) is 0 Å². The van der Waals surface area contributed by atoms with Crippen LogP contribution < -0.4 is 16.9 Å². The molecule has 0 spiro atoms. The SMILES string of the molecule is CC(CCN=C(N)N)C(N[N+](=O)[O-])C(=O)O. The summed E-state index contributed by atoms with van der Waals surface area (Å²) in [5, 5.41) is 18.0. The highest BCUT2D eigenvalue weighted by Crippen LogP contribution is 2.08. The van der Waals surface area contributed by atoms with Gasteiger partial charge in [-0.05, 0) is 12.3 Å². The molecular formula is C7H15N5O4. The predicted molar refractivity (Wildman–Crippen MR) is 56.0 cm³/mol. The molecule has 16 heavy (non-hydrogen) atoms. The molecule has 0 bridgehead atoms. The predicted octanol–water partition coefficient (Wildman–Crippen LogP) is -1.48. The van der Waals surface area contributed by atoms with Crippen LogP contribution in [0.25, 0.3) is 0 Å². The number of hydrogen-bond donors (Lipinski definition) is 4. The molecule has 92 valence electrons. The summed E-state index contributed by atoms with van der Waals surface area (Å²) in [6, 6.07) is -1.26. The van der Waals surface area contributed by atoms with Crippen molar-refractivity contribution in [1.29, 1.82) is 0 Å². The van der Waals surface area contributed by atoms with E-state index in [0.717, 1.165) is 0 Å². The third-order valence-corrected chi connectivity index (χ3v) is 1.96. The Morgan fingerprint density at radius 3 is 2.56 bits per heavy atom. The quantitative estimate of drug-likeness (QED) is 0.181. The molecule has 0 aliphatic rings. The number of hydrazine groups is 1. The van der Waals surface area contributed by atoms with Gasteiger partial charge in [-0.2, -0.15) is 0 Å². The van der Waals surface area contributed by atoms with Crippen LogP contribution in [0.1, 0.15) is 13.3 Å². The van der Waals surface area contributed by atoms with Crippen molar-refractivity contribution in [3.8, 4) is 0 Å². The molecule has 2 atom stereocenters. The van der Waals surface area contributed by atoms with Gasteiger partial charge in [0.25, 0.3) is 0 Å². The highest BCUT2D eigenvalue weighted by atomic mass is 16.7. The normalized spacial score (nSPS) is 13.6. The molecule has 0 aromatic carbocycles.